The van der Waals surface area contributed by atoms with Crippen LogP contribution in [-0.2, 0) is 4.74 Å². The van der Waals surface area contributed by atoms with Crippen LogP contribution in [0.25, 0.3) is 0 Å². The number of rotatable bonds is 1. The van der Waals surface area contributed by atoms with Crippen LogP contribution in [0.4, 0.5) is 0 Å². The molecule has 78 valence electrons. The quantitative estimate of drug-likeness (QED) is 0.700. The molecule has 0 fully saturated rings. The lowest BCUT2D eigenvalue weighted by Gasteiger charge is -2.15. The first-order valence-electron chi connectivity index (χ1n) is 4.79. The second kappa shape index (κ2) is 3.73. The number of ether oxygens (including phenoxy) is 1. The number of hydrazone groups is 1. The molecule has 0 saturated carbocycles. The molecule has 1 aliphatic rings. The third kappa shape index (κ3) is 1.83. The highest BCUT2D eigenvalue weighted by Gasteiger charge is 2.27. The first-order valence-corrected chi connectivity index (χ1v) is 4.79. The molecule has 0 spiro atoms. The Morgan fingerprint density at radius 2 is 2.07 bits per heavy atom. The van der Waals surface area contributed by atoms with Gasteiger partial charge >= 0.3 is 0 Å². The highest BCUT2D eigenvalue weighted by molar-refractivity contribution is 5.95. The molecule has 0 bridgehead atoms. The van der Waals surface area contributed by atoms with E-state index >= 15 is 0 Å². The fourth-order valence-corrected chi connectivity index (χ4v) is 1.48. The summed E-state index contributed by atoms with van der Waals surface area (Å²) in [5.74, 6) is 0.381. The molecule has 0 radical (unpaired) electrons. The van der Waals surface area contributed by atoms with E-state index < -0.39 is 0 Å². The number of hydrogen-bond donors (Lipinski definition) is 0. The third-order valence-electron chi connectivity index (χ3n) is 2.16. The molecular formula is C11H12N2O2. The average molecular weight is 204 g/mol. The average Bonchev–Trinajstić information content (AvgIpc) is 2.58. The van der Waals surface area contributed by atoms with Crippen LogP contribution in [0.5, 0.6) is 0 Å². The summed E-state index contributed by atoms with van der Waals surface area (Å²) in [6.45, 7) is 3.52. The van der Waals surface area contributed by atoms with Crippen molar-refractivity contribution in [1.29, 1.82) is 0 Å². The summed E-state index contributed by atoms with van der Waals surface area (Å²) < 4.78 is 5.27. The van der Waals surface area contributed by atoms with Gasteiger partial charge in [-0.1, -0.05) is 18.2 Å². The summed E-state index contributed by atoms with van der Waals surface area (Å²) >= 11 is 0. The molecule has 4 nitrogen and oxygen atoms in total. The van der Waals surface area contributed by atoms with Crippen LogP contribution >= 0.6 is 0 Å². The molecule has 0 aromatic heterocycles. The maximum Gasteiger partial charge on any atom is 0.277 e. The van der Waals surface area contributed by atoms with Crippen molar-refractivity contribution in [3.05, 3.63) is 35.9 Å². The van der Waals surface area contributed by atoms with Crippen molar-refractivity contribution in [2.45, 2.75) is 20.1 Å². The van der Waals surface area contributed by atoms with Crippen molar-refractivity contribution in [2.24, 2.45) is 5.10 Å². The van der Waals surface area contributed by atoms with Gasteiger partial charge < -0.3 is 4.74 Å². The van der Waals surface area contributed by atoms with Gasteiger partial charge in [-0.15, -0.1) is 5.10 Å². The third-order valence-corrected chi connectivity index (χ3v) is 2.16. The van der Waals surface area contributed by atoms with Gasteiger partial charge in [0.05, 0.1) is 0 Å². The largest absolute Gasteiger partial charge is 0.454 e. The van der Waals surface area contributed by atoms with E-state index in [-0.39, 0.29) is 12.1 Å². The van der Waals surface area contributed by atoms with Gasteiger partial charge in [0.25, 0.3) is 5.91 Å². The highest BCUT2D eigenvalue weighted by Crippen LogP contribution is 2.15. The molecule has 1 atom stereocenters. The zero-order valence-electron chi connectivity index (χ0n) is 8.68. The normalized spacial score (nSPS) is 19.7. The van der Waals surface area contributed by atoms with Crippen molar-refractivity contribution in [3.63, 3.8) is 0 Å². The van der Waals surface area contributed by atoms with E-state index in [0.717, 1.165) is 0 Å². The van der Waals surface area contributed by atoms with Crippen LogP contribution in [0.3, 0.4) is 0 Å². The van der Waals surface area contributed by atoms with Crippen LogP contribution in [0.2, 0.25) is 0 Å². The molecule has 4 heteroatoms. The molecule has 0 saturated heterocycles. The zero-order valence-corrected chi connectivity index (χ0v) is 8.68. The summed E-state index contributed by atoms with van der Waals surface area (Å²) in [5.41, 5.74) is 0.617. The number of carbonyl (C=O) groups excluding carboxylic acids is 1. The molecule has 1 aromatic carbocycles. The van der Waals surface area contributed by atoms with E-state index in [9.17, 15) is 4.79 Å². The van der Waals surface area contributed by atoms with Crippen molar-refractivity contribution >= 4 is 11.8 Å². The Kier molecular flexibility index (Phi) is 2.41. The second-order valence-corrected chi connectivity index (χ2v) is 3.35. The van der Waals surface area contributed by atoms with Crippen LogP contribution in [0.15, 0.2) is 35.4 Å². The first-order chi connectivity index (χ1) is 7.18. The number of hydrogen-bond acceptors (Lipinski definition) is 3. The van der Waals surface area contributed by atoms with Gasteiger partial charge in [0.1, 0.15) is 0 Å². The Hall–Kier alpha value is -1.84. The van der Waals surface area contributed by atoms with Crippen LogP contribution in [0.1, 0.15) is 24.2 Å². The molecular weight excluding hydrogens is 192 g/mol. The molecule has 1 aliphatic heterocycles. The molecule has 1 heterocycles. The predicted molar refractivity (Wildman–Crippen MR) is 56.3 cm³/mol. The van der Waals surface area contributed by atoms with Gasteiger partial charge in [0, 0.05) is 12.5 Å². The zero-order chi connectivity index (χ0) is 10.8. The minimum absolute atomic E-state index is 0.139. The summed E-state index contributed by atoms with van der Waals surface area (Å²) in [6.07, 6.45) is -0.322. The Balaban J connectivity index is 2.23. The van der Waals surface area contributed by atoms with E-state index in [1.54, 1.807) is 26.0 Å². The summed E-state index contributed by atoms with van der Waals surface area (Å²) in [6, 6.07) is 9.04. The van der Waals surface area contributed by atoms with E-state index in [1.165, 1.54) is 5.01 Å². The van der Waals surface area contributed by atoms with Crippen LogP contribution < -0.4 is 0 Å². The topological polar surface area (TPSA) is 41.9 Å². The number of benzene rings is 1. The fourth-order valence-electron chi connectivity index (χ4n) is 1.48. The van der Waals surface area contributed by atoms with E-state index in [0.29, 0.717) is 11.5 Å². The number of nitrogens with zero attached hydrogens (tertiary/aromatic N) is 2. The Morgan fingerprint density at radius 3 is 2.60 bits per heavy atom. The van der Waals surface area contributed by atoms with Gasteiger partial charge in [-0.05, 0) is 19.1 Å². The SMILES string of the molecule is CC1=NN(C(=O)c2ccccc2)C(C)O1. The monoisotopic (exact) mass is 204 g/mol. The number of carbonyl (C=O) groups is 1. The molecule has 1 amide bonds. The van der Waals surface area contributed by atoms with Gasteiger partial charge in [-0.3, -0.25) is 4.79 Å². The van der Waals surface area contributed by atoms with E-state index in [2.05, 4.69) is 5.10 Å². The Bertz CT molecular complexity index is 400. The van der Waals surface area contributed by atoms with Crippen molar-refractivity contribution in [2.75, 3.05) is 0 Å². The summed E-state index contributed by atoms with van der Waals surface area (Å²) in [7, 11) is 0. The lowest BCUT2D eigenvalue weighted by molar-refractivity contribution is 0.0448. The first kappa shape index (κ1) is 9.71. The molecule has 0 aliphatic carbocycles. The van der Waals surface area contributed by atoms with Crippen molar-refractivity contribution in [1.82, 2.24) is 5.01 Å². The molecule has 1 unspecified atom stereocenters. The van der Waals surface area contributed by atoms with Gasteiger partial charge in [0.2, 0.25) is 5.90 Å². The van der Waals surface area contributed by atoms with Gasteiger partial charge in [0.15, 0.2) is 6.23 Å². The minimum atomic E-state index is -0.322. The summed E-state index contributed by atoms with van der Waals surface area (Å²) in [5, 5.41) is 5.38. The summed E-state index contributed by atoms with van der Waals surface area (Å²) in [4.78, 5) is 11.9. The Labute approximate surface area is 88.2 Å². The molecule has 0 N–H and O–H groups in total. The number of amides is 1. The van der Waals surface area contributed by atoms with Crippen LogP contribution in [0, 0.1) is 0 Å². The van der Waals surface area contributed by atoms with Gasteiger partial charge in [-0.25, -0.2) is 0 Å². The van der Waals surface area contributed by atoms with E-state index in [1.807, 2.05) is 18.2 Å². The fraction of sp³-hybridized carbons (Fsp3) is 0.273. The minimum Gasteiger partial charge on any atom is -0.454 e. The maximum atomic E-state index is 11.9. The molecule has 1 aromatic rings. The second-order valence-electron chi connectivity index (χ2n) is 3.35. The van der Waals surface area contributed by atoms with Crippen LogP contribution in [-0.4, -0.2) is 23.0 Å². The highest BCUT2D eigenvalue weighted by atomic mass is 16.5. The molecule has 2 rings (SSSR count). The van der Waals surface area contributed by atoms with Crippen molar-refractivity contribution in [3.8, 4) is 0 Å². The standard InChI is InChI=1S/C11H12N2O2/c1-8-12-13(9(2)15-8)11(14)10-6-4-3-5-7-10/h3-7,9H,1-2H3. The molecule has 15 heavy (non-hydrogen) atoms. The maximum absolute atomic E-state index is 11.9. The van der Waals surface area contributed by atoms with Gasteiger partial charge in [-0.2, -0.15) is 5.01 Å². The predicted octanol–water partition coefficient (Wildman–Crippen LogP) is 1.84. The lowest BCUT2D eigenvalue weighted by Crippen LogP contribution is -2.31. The lowest BCUT2D eigenvalue weighted by atomic mass is 10.2. The smallest absolute Gasteiger partial charge is 0.277 e. The van der Waals surface area contributed by atoms with Crippen molar-refractivity contribution < 1.29 is 9.53 Å². The Morgan fingerprint density at radius 1 is 1.40 bits per heavy atom. The van der Waals surface area contributed by atoms with E-state index in [4.69, 9.17) is 4.74 Å².